The molecule has 1 saturated heterocycles. The molecule has 128 valence electrons. The van der Waals surface area contributed by atoms with Gasteiger partial charge in [0.05, 0.1) is 0 Å². The average Bonchev–Trinajstić information content (AvgIpc) is 2.99. The Bertz CT molecular complexity index is 733. The summed E-state index contributed by atoms with van der Waals surface area (Å²) in [6.07, 6.45) is 2.51. The van der Waals surface area contributed by atoms with Crippen LogP contribution >= 0.6 is 11.3 Å². The van der Waals surface area contributed by atoms with E-state index in [1.165, 1.54) is 15.6 Å². The molecule has 2 aromatic rings. The molecule has 1 aliphatic heterocycles. The van der Waals surface area contributed by atoms with Crippen LogP contribution in [-0.2, 0) is 20.7 Å². The highest BCUT2D eigenvalue weighted by Gasteiger charge is 2.41. The lowest BCUT2D eigenvalue weighted by molar-refractivity contribution is -0.152. The van der Waals surface area contributed by atoms with Crippen molar-refractivity contribution in [2.75, 3.05) is 13.2 Å². The summed E-state index contributed by atoms with van der Waals surface area (Å²) in [6.45, 7) is 0.737. The highest BCUT2D eigenvalue weighted by atomic mass is 32.1. The number of carboxylic acids is 1. The van der Waals surface area contributed by atoms with E-state index in [1.54, 1.807) is 11.3 Å². The molecule has 0 unspecified atom stereocenters. The maximum absolute atomic E-state index is 12.2. The average molecular weight is 347 g/mol. The van der Waals surface area contributed by atoms with E-state index < -0.39 is 11.5 Å². The van der Waals surface area contributed by atoms with Crippen molar-refractivity contribution in [3.8, 4) is 0 Å². The lowest BCUT2D eigenvalue weighted by atomic mass is 9.90. The number of amides is 1. The van der Waals surface area contributed by atoms with Crippen molar-refractivity contribution in [2.24, 2.45) is 0 Å². The quantitative estimate of drug-likeness (QED) is 0.842. The molecule has 1 fully saturated rings. The number of carbonyl (C=O) groups is 2. The summed E-state index contributed by atoms with van der Waals surface area (Å²) in [5.74, 6) is -1.16. The van der Waals surface area contributed by atoms with Gasteiger partial charge in [0.1, 0.15) is 5.54 Å². The number of thiophene rings is 1. The van der Waals surface area contributed by atoms with E-state index in [9.17, 15) is 14.7 Å². The van der Waals surface area contributed by atoms with E-state index in [0.29, 0.717) is 38.9 Å². The Labute approximate surface area is 144 Å². The summed E-state index contributed by atoms with van der Waals surface area (Å²) in [7, 11) is 0. The van der Waals surface area contributed by atoms with Gasteiger partial charge in [-0.15, -0.1) is 11.3 Å². The van der Waals surface area contributed by atoms with Gasteiger partial charge in [0, 0.05) is 37.2 Å². The van der Waals surface area contributed by atoms with Gasteiger partial charge >= 0.3 is 5.97 Å². The van der Waals surface area contributed by atoms with Crippen LogP contribution in [0.4, 0.5) is 0 Å². The SMILES string of the molecule is O=C(CCCc1csc2ccccc12)NC1(C(=O)O)CCOCC1. The maximum Gasteiger partial charge on any atom is 0.329 e. The van der Waals surface area contributed by atoms with E-state index >= 15 is 0 Å². The molecule has 1 aromatic heterocycles. The second-order valence-electron chi connectivity index (χ2n) is 6.16. The molecule has 0 aliphatic carbocycles. The molecule has 0 bridgehead atoms. The van der Waals surface area contributed by atoms with Gasteiger partial charge in [-0.25, -0.2) is 4.79 Å². The predicted molar refractivity (Wildman–Crippen MR) is 93.3 cm³/mol. The Morgan fingerprint density at radius 2 is 2.00 bits per heavy atom. The molecule has 6 heteroatoms. The van der Waals surface area contributed by atoms with E-state index in [4.69, 9.17) is 4.74 Å². The Hall–Kier alpha value is -1.92. The number of benzene rings is 1. The standard InChI is InChI=1S/C18H21NO4S/c20-16(19-18(17(21)22)8-10-23-11-9-18)7-3-4-13-12-24-15-6-2-1-5-14(13)15/h1-2,5-6,12H,3-4,7-11H2,(H,19,20)(H,21,22). The Kier molecular flexibility index (Phi) is 5.16. The summed E-state index contributed by atoms with van der Waals surface area (Å²) in [4.78, 5) is 23.8. The number of nitrogens with one attached hydrogen (secondary N) is 1. The van der Waals surface area contributed by atoms with Gasteiger partial charge < -0.3 is 15.2 Å². The molecule has 1 aromatic carbocycles. The predicted octanol–water partition coefficient (Wildman–Crippen LogP) is 2.97. The van der Waals surface area contributed by atoms with Crippen molar-refractivity contribution >= 4 is 33.3 Å². The highest BCUT2D eigenvalue weighted by Crippen LogP contribution is 2.27. The van der Waals surface area contributed by atoms with Crippen molar-refractivity contribution in [2.45, 2.75) is 37.6 Å². The monoisotopic (exact) mass is 347 g/mol. The van der Waals surface area contributed by atoms with Gasteiger partial charge in [0.2, 0.25) is 5.91 Å². The number of aliphatic carboxylic acids is 1. The molecule has 0 saturated carbocycles. The molecular formula is C18H21NO4S. The zero-order valence-corrected chi connectivity index (χ0v) is 14.2. The third kappa shape index (κ3) is 3.60. The van der Waals surface area contributed by atoms with Crippen LogP contribution in [0.25, 0.3) is 10.1 Å². The minimum Gasteiger partial charge on any atom is -0.480 e. The minimum absolute atomic E-state index is 0.196. The topological polar surface area (TPSA) is 75.6 Å². The van der Waals surface area contributed by atoms with Gasteiger partial charge in [-0.1, -0.05) is 18.2 Å². The second kappa shape index (κ2) is 7.32. The molecule has 5 nitrogen and oxygen atoms in total. The number of fused-ring (bicyclic) bond motifs is 1. The molecule has 2 N–H and O–H groups in total. The van der Waals surface area contributed by atoms with Crippen molar-refractivity contribution in [1.29, 1.82) is 0 Å². The first-order chi connectivity index (χ1) is 11.6. The van der Waals surface area contributed by atoms with Crippen molar-refractivity contribution in [3.63, 3.8) is 0 Å². The second-order valence-corrected chi connectivity index (χ2v) is 7.07. The van der Waals surface area contributed by atoms with Gasteiger partial charge in [0.15, 0.2) is 0 Å². The molecule has 0 spiro atoms. The van der Waals surface area contributed by atoms with Gasteiger partial charge in [-0.3, -0.25) is 4.79 Å². The number of hydrogen-bond acceptors (Lipinski definition) is 4. The lowest BCUT2D eigenvalue weighted by Crippen LogP contribution is -2.57. The minimum atomic E-state index is -1.16. The molecule has 1 aliphatic rings. The zero-order chi connectivity index (χ0) is 17.0. The summed E-state index contributed by atoms with van der Waals surface area (Å²) < 4.78 is 6.47. The van der Waals surface area contributed by atoms with Crippen LogP contribution in [0.1, 0.15) is 31.2 Å². The summed E-state index contributed by atoms with van der Waals surface area (Å²) in [5.41, 5.74) is 0.0899. The van der Waals surface area contributed by atoms with E-state index in [0.717, 1.165) is 6.42 Å². The van der Waals surface area contributed by atoms with Crippen molar-refractivity contribution < 1.29 is 19.4 Å². The fraction of sp³-hybridized carbons (Fsp3) is 0.444. The van der Waals surface area contributed by atoms with Crippen LogP contribution in [0.15, 0.2) is 29.6 Å². The van der Waals surface area contributed by atoms with Crippen LogP contribution in [0, 0.1) is 0 Å². The van der Waals surface area contributed by atoms with Crippen LogP contribution in [0.2, 0.25) is 0 Å². The third-order valence-electron chi connectivity index (χ3n) is 4.55. The zero-order valence-electron chi connectivity index (χ0n) is 13.4. The summed E-state index contributed by atoms with van der Waals surface area (Å²) >= 11 is 1.71. The van der Waals surface area contributed by atoms with E-state index in [2.05, 4.69) is 22.8 Å². The smallest absolute Gasteiger partial charge is 0.329 e. The molecule has 0 radical (unpaired) electrons. The number of aryl methyl sites for hydroxylation is 1. The first-order valence-electron chi connectivity index (χ1n) is 8.18. The Morgan fingerprint density at radius 3 is 2.75 bits per heavy atom. The molecule has 1 amide bonds. The van der Waals surface area contributed by atoms with Crippen LogP contribution in [0.3, 0.4) is 0 Å². The summed E-state index contributed by atoms with van der Waals surface area (Å²) in [5, 5.41) is 15.6. The van der Waals surface area contributed by atoms with Crippen LogP contribution < -0.4 is 5.32 Å². The van der Waals surface area contributed by atoms with Crippen LogP contribution in [-0.4, -0.2) is 35.7 Å². The lowest BCUT2D eigenvalue weighted by Gasteiger charge is -2.33. The molecule has 2 heterocycles. The van der Waals surface area contributed by atoms with E-state index in [1.807, 2.05) is 12.1 Å². The number of hydrogen-bond donors (Lipinski definition) is 2. The number of carboxylic acid groups (broad SMARTS) is 1. The summed E-state index contributed by atoms with van der Waals surface area (Å²) in [6, 6.07) is 8.24. The normalized spacial score (nSPS) is 16.8. The third-order valence-corrected chi connectivity index (χ3v) is 5.56. The first kappa shape index (κ1) is 16.9. The Morgan fingerprint density at radius 1 is 1.25 bits per heavy atom. The number of rotatable bonds is 6. The molecule has 0 atom stereocenters. The molecule has 24 heavy (non-hydrogen) atoms. The largest absolute Gasteiger partial charge is 0.480 e. The van der Waals surface area contributed by atoms with Gasteiger partial charge in [-0.2, -0.15) is 0 Å². The maximum atomic E-state index is 12.2. The fourth-order valence-electron chi connectivity index (χ4n) is 3.11. The Balaban J connectivity index is 1.54. The number of ether oxygens (including phenoxy) is 1. The van der Waals surface area contributed by atoms with Crippen LogP contribution in [0.5, 0.6) is 0 Å². The highest BCUT2D eigenvalue weighted by molar-refractivity contribution is 7.17. The van der Waals surface area contributed by atoms with E-state index in [-0.39, 0.29) is 5.91 Å². The fourth-order valence-corrected chi connectivity index (χ4v) is 4.10. The van der Waals surface area contributed by atoms with Gasteiger partial charge in [-0.05, 0) is 35.2 Å². The molecule has 3 rings (SSSR count). The first-order valence-corrected chi connectivity index (χ1v) is 9.06. The molecular weight excluding hydrogens is 326 g/mol. The van der Waals surface area contributed by atoms with Crippen molar-refractivity contribution in [1.82, 2.24) is 5.32 Å². The van der Waals surface area contributed by atoms with Gasteiger partial charge in [0.25, 0.3) is 0 Å². The number of carbonyl (C=O) groups excluding carboxylic acids is 1. The van der Waals surface area contributed by atoms with Crippen molar-refractivity contribution in [3.05, 3.63) is 35.2 Å².